The minimum Gasteiger partial charge on any atom is -0.508 e. The number of ether oxygens (including phenoxy) is 1. The molecule has 160 valence electrons. The van der Waals surface area contributed by atoms with Crippen LogP contribution in [0.25, 0.3) is 11.5 Å². The summed E-state index contributed by atoms with van der Waals surface area (Å²) >= 11 is 6.44. The van der Waals surface area contributed by atoms with E-state index in [1.54, 1.807) is 12.1 Å². The molecule has 2 aromatic carbocycles. The molecular weight excluding hydrogens is 429 g/mol. The summed E-state index contributed by atoms with van der Waals surface area (Å²) in [4.78, 5) is 18.5. The maximum absolute atomic E-state index is 11.7. The Hall–Kier alpha value is -2.65. The molecule has 3 rings (SSSR count). The van der Waals surface area contributed by atoms with Crippen LogP contribution in [0.4, 0.5) is 4.53 Å². The topological polar surface area (TPSA) is 81.8 Å². The zero-order chi connectivity index (χ0) is 21.9. The molecule has 0 unspecified atom stereocenters. The molecule has 9 heteroatoms. The van der Waals surface area contributed by atoms with Crippen molar-refractivity contribution in [2.24, 2.45) is 0 Å². The molecule has 0 aliphatic carbocycles. The number of aromatic hydroxyl groups is 1. The van der Waals surface area contributed by atoms with Gasteiger partial charge in [0.15, 0.2) is 0 Å². The number of aryl methyl sites for hydroxylation is 2. The molecule has 0 saturated heterocycles. The van der Waals surface area contributed by atoms with Crippen molar-refractivity contribution in [3.63, 3.8) is 0 Å². The van der Waals surface area contributed by atoms with Crippen molar-refractivity contribution in [2.75, 3.05) is 6.61 Å². The Morgan fingerprint density at radius 3 is 2.57 bits per heavy atom. The third kappa shape index (κ3) is 6.70. The summed E-state index contributed by atoms with van der Waals surface area (Å²) in [7, 11) is 0. The monoisotopic (exact) mass is 451 g/mol. The third-order valence-electron chi connectivity index (χ3n) is 4.26. The Morgan fingerprint density at radius 1 is 1.17 bits per heavy atom. The number of phenols is 1. The number of nitrogens with zero attached hydrogens (tertiary/aromatic N) is 1. The van der Waals surface area contributed by atoms with E-state index in [4.69, 9.17) is 9.15 Å². The molecule has 30 heavy (non-hydrogen) atoms. The van der Waals surface area contributed by atoms with Gasteiger partial charge in [-0.2, -0.15) is 0 Å². The molecule has 3 aromatic rings. The van der Waals surface area contributed by atoms with Gasteiger partial charge in [0.25, 0.3) is 0 Å². The number of carbonyl (C=O) groups excluding carboxylic acids is 1. The zero-order valence-corrected chi connectivity index (χ0v) is 18.0. The lowest BCUT2D eigenvalue weighted by Crippen LogP contribution is -2.03. The average molecular weight is 452 g/mol. The van der Waals surface area contributed by atoms with Gasteiger partial charge in [-0.25, -0.2) is 9.78 Å². The lowest BCUT2D eigenvalue weighted by Gasteiger charge is -2.08. The van der Waals surface area contributed by atoms with E-state index in [1.807, 2.05) is 37.3 Å². The van der Waals surface area contributed by atoms with E-state index in [0.717, 1.165) is 17.0 Å². The first-order valence-corrected chi connectivity index (χ1v) is 10.6. The fourth-order valence-corrected chi connectivity index (χ4v) is 2.75. The van der Waals surface area contributed by atoms with Crippen LogP contribution in [-0.4, -0.2) is 22.7 Å². The highest BCUT2D eigenvalue weighted by Crippen LogP contribution is 2.26. The van der Waals surface area contributed by atoms with Crippen molar-refractivity contribution in [2.45, 2.75) is 26.2 Å². The lowest BCUT2D eigenvalue weighted by molar-refractivity contribution is -0.183. The SMILES string of the molecule is Cc1oc(-c2ccccc2)nc1CCOc1ccc(CCC(=O)OF)c(O)c1.SS. The summed E-state index contributed by atoms with van der Waals surface area (Å²) in [5.41, 5.74) is 2.23. The highest BCUT2D eigenvalue weighted by Gasteiger charge is 2.12. The zero-order valence-electron chi connectivity index (χ0n) is 16.2. The fourth-order valence-electron chi connectivity index (χ4n) is 2.75. The summed E-state index contributed by atoms with van der Waals surface area (Å²) in [6.45, 7) is 2.21. The van der Waals surface area contributed by atoms with Gasteiger partial charge in [0.1, 0.15) is 17.3 Å². The number of hydrogen-bond donors (Lipinski definition) is 3. The number of oxazole rings is 1. The molecule has 0 atom stereocenters. The van der Waals surface area contributed by atoms with E-state index < -0.39 is 5.97 Å². The molecule has 0 amide bonds. The van der Waals surface area contributed by atoms with Crippen LogP contribution in [-0.2, 0) is 22.6 Å². The molecule has 0 saturated carbocycles. The third-order valence-corrected chi connectivity index (χ3v) is 4.26. The molecule has 0 aliphatic heterocycles. The van der Waals surface area contributed by atoms with Crippen molar-refractivity contribution in [1.82, 2.24) is 4.98 Å². The smallest absolute Gasteiger partial charge is 0.349 e. The van der Waals surface area contributed by atoms with Gasteiger partial charge >= 0.3 is 5.97 Å². The van der Waals surface area contributed by atoms with Crippen LogP contribution in [0, 0.1) is 6.92 Å². The number of aromatic nitrogens is 1. The maximum atomic E-state index is 11.7. The van der Waals surface area contributed by atoms with Crippen molar-refractivity contribution in [1.29, 1.82) is 0 Å². The maximum Gasteiger partial charge on any atom is 0.349 e. The summed E-state index contributed by atoms with van der Waals surface area (Å²) in [6, 6.07) is 14.4. The fraction of sp³-hybridized carbons (Fsp3) is 0.238. The average Bonchev–Trinajstić information content (AvgIpc) is 3.15. The van der Waals surface area contributed by atoms with Gasteiger partial charge in [-0.15, -0.1) is 23.3 Å². The van der Waals surface area contributed by atoms with E-state index in [2.05, 4.69) is 33.2 Å². The van der Waals surface area contributed by atoms with Gasteiger partial charge in [0.05, 0.1) is 18.7 Å². The second-order valence-corrected chi connectivity index (χ2v) is 6.23. The van der Waals surface area contributed by atoms with E-state index in [9.17, 15) is 14.4 Å². The molecule has 1 N–H and O–H groups in total. The Balaban J connectivity index is 0.00000155. The minimum absolute atomic E-state index is 0.0202. The van der Waals surface area contributed by atoms with Crippen LogP contribution >= 0.6 is 23.3 Å². The summed E-state index contributed by atoms with van der Waals surface area (Å²) in [5.74, 6) is 0.798. The van der Waals surface area contributed by atoms with Crippen molar-refractivity contribution >= 4 is 29.3 Å². The molecule has 0 aliphatic rings. The van der Waals surface area contributed by atoms with E-state index in [0.29, 0.717) is 30.2 Å². The predicted molar refractivity (Wildman–Crippen MR) is 117 cm³/mol. The molecule has 0 fully saturated rings. The standard InChI is InChI=1S/C21H20FNO5.H2S2/c1-14-18(23-21(27-14)16-5-3-2-4-6-16)11-12-26-17-9-7-15(19(24)13-17)8-10-20(25)28-22;1-2/h2-7,9,13,24H,8,10-12H2,1H3;1-2H. The van der Waals surface area contributed by atoms with Gasteiger partial charge in [-0.3, -0.25) is 4.94 Å². The number of phenolic OH excluding ortho intramolecular Hbond substituents is 1. The van der Waals surface area contributed by atoms with Gasteiger partial charge in [0, 0.05) is 22.6 Å². The van der Waals surface area contributed by atoms with E-state index in [-0.39, 0.29) is 18.6 Å². The second kappa shape index (κ2) is 12.1. The van der Waals surface area contributed by atoms with Crippen molar-refractivity contribution < 1.29 is 28.5 Å². The molecule has 0 radical (unpaired) electrons. The van der Waals surface area contributed by atoms with Crippen LogP contribution in [0.3, 0.4) is 0 Å². The Morgan fingerprint density at radius 2 is 1.90 bits per heavy atom. The number of carbonyl (C=O) groups is 1. The van der Waals surface area contributed by atoms with Crippen LogP contribution in [0.15, 0.2) is 52.9 Å². The number of thiol groups is 2. The molecule has 0 bridgehead atoms. The second-order valence-electron chi connectivity index (χ2n) is 6.23. The van der Waals surface area contributed by atoms with Gasteiger partial charge in [-0.05, 0) is 37.1 Å². The quantitative estimate of drug-likeness (QED) is 0.327. The van der Waals surface area contributed by atoms with Crippen LogP contribution in [0.2, 0.25) is 0 Å². The van der Waals surface area contributed by atoms with Gasteiger partial charge in [-0.1, -0.05) is 24.3 Å². The van der Waals surface area contributed by atoms with Crippen LogP contribution in [0.1, 0.15) is 23.4 Å². The summed E-state index contributed by atoms with van der Waals surface area (Å²) in [5, 5.41) is 10.0. The first-order valence-electron chi connectivity index (χ1n) is 9.04. The number of benzene rings is 2. The lowest BCUT2D eigenvalue weighted by atomic mass is 10.1. The molecular formula is C21H22FNO5S2. The predicted octanol–water partition coefficient (Wildman–Crippen LogP) is 5.10. The number of hydrogen-bond acceptors (Lipinski definition) is 8. The minimum atomic E-state index is -0.974. The van der Waals surface area contributed by atoms with Crippen molar-refractivity contribution in [3.8, 4) is 23.0 Å². The Labute approximate surface area is 184 Å². The molecule has 1 heterocycles. The highest BCUT2D eigenvalue weighted by molar-refractivity contribution is 8.59. The number of rotatable bonds is 8. The van der Waals surface area contributed by atoms with Crippen LogP contribution in [0.5, 0.6) is 11.5 Å². The molecule has 6 nitrogen and oxygen atoms in total. The van der Waals surface area contributed by atoms with E-state index >= 15 is 0 Å². The highest BCUT2D eigenvalue weighted by atomic mass is 33.1. The normalized spacial score (nSPS) is 10.1. The largest absolute Gasteiger partial charge is 0.508 e. The summed E-state index contributed by atoms with van der Waals surface area (Å²) < 4.78 is 23.1. The Kier molecular flexibility index (Phi) is 9.56. The first kappa shape index (κ1) is 23.6. The van der Waals surface area contributed by atoms with Crippen LogP contribution < -0.4 is 4.74 Å². The molecule has 0 spiro atoms. The summed E-state index contributed by atoms with van der Waals surface area (Å²) in [6.07, 6.45) is 0.571. The van der Waals surface area contributed by atoms with Gasteiger partial charge < -0.3 is 14.3 Å². The molecule has 1 aromatic heterocycles. The Bertz CT molecular complexity index is 950. The van der Waals surface area contributed by atoms with Crippen molar-refractivity contribution in [3.05, 3.63) is 65.5 Å². The van der Waals surface area contributed by atoms with Gasteiger partial charge in [0.2, 0.25) is 5.89 Å². The first-order chi connectivity index (χ1) is 14.6. The number of halogens is 1. The van der Waals surface area contributed by atoms with E-state index in [1.165, 1.54) is 6.07 Å².